The van der Waals surface area contributed by atoms with Crippen molar-refractivity contribution in [1.29, 1.82) is 5.26 Å². The summed E-state index contributed by atoms with van der Waals surface area (Å²) in [7, 11) is 0. The molecule has 0 aromatic carbocycles. The predicted molar refractivity (Wildman–Crippen MR) is 66.1 cm³/mol. The van der Waals surface area contributed by atoms with Gasteiger partial charge in [-0.3, -0.25) is 14.3 Å². The molecule has 0 bridgehead atoms. The van der Waals surface area contributed by atoms with Crippen LogP contribution in [0.15, 0.2) is 15.8 Å². The molecule has 1 aromatic rings. The van der Waals surface area contributed by atoms with Crippen LogP contribution in [-0.2, 0) is 6.54 Å². The normalized spacial score (nSPS) is 17.2. The molecule has 1 aliphatic rings. The number of hydrogen-bond donors (Lipinski definition) is 1. The molecule has 1 fully saturated rings. The second-order valence-electron chi connectivity index (χ2n) is 4.28. The Kier molecular flexibility index (Phi) is 3.11. The summed E-state index contributed by atoms with van der Waals surface area (Å²) in [4.78, 5) is 25.0. The summed E-state index contributed by atoms with van der Waals surface area (Å²) in [5.41, 5.74) is -1.06. The summed E-state index contributed by atoms with van der Waals surface area (Å²) in [5.74, 6) is 0. The van der Waals surface area contributed by atoms with E-state index in [1.54, 1.807) is 17.8 Å². The van der Waals surface area contributed by atoms with Gasteiger partial charge < -0.3 is 0 Å². The summed E-state index contributed by atoms with van der Waals surface area (Å²) in [6, 6.07) is 1.79. The van der Waals surface area contributed by atoms with Gasteiger partial charge in [0.25, 0.3) is 5.56 Å². The first kappa shape index (κ1) is 12.0. The fraction of sp³-hybridized carbons (Fsp3) is 0.545. The fourth-order valence-corrected chi connectivity index (χ4v) is 2.98. The third-order valence-electron chi connectivity index (χ3n) is 3.29. The molecule has 2 rings (SSSR count). The maximum absolute atomic E-state index is 11.6. The lowest BCUT2D eigenvalue weighted by Crippen LogP contribution is -2.42. The van der Waals surface area contributed by atoms with Gasteiger partial charge in [0, 0.05) is 17.5 Å². The Morgan fingerprint density at radius 1 is 1.59 bits per heavy atom. The molecule has 1 heterocycles. The number of nitrogens with one attached hydrogen (secondary N) is 1. The summed E-state index contributed by atoms with van der Waals surface area (Å²) >= 11 is 1.75. The lowest BCUT2D eigenvalue weighted by molar-refractivity contribution is 0.316. The second kappa shape index (κ2) is 4.41. The summed E-state index contributed by atoms with van der Waals surface area (Å²) in [6.07, 6.45) is 6.70. The van der Waals surface area contributed by atoms with Crippen LogP contribution in [-0.4, -0.2) is 20.6 Å². The highest BCUT2D eigenvalue weighted by Gasteiger charge is 2.36. The lowest BCUT2D eigenvalue weighted by Gasteiger charge is -2.40. The van der Waals surface area contributed by atoms with Crippen molar-refractivity contribution in [2.24, 2.45) is 0 Å². The van der Waals surface area contributed by atoms with E-state index in [2.05, 4.69) is 4.98 Å². The van der Waals surface area contributed by atoms with Crippen molar-refractivity contribution in [2.75, 3.05) is 6.26 Å². The van der Waals surface area contributed by atoms with Crippen LogP contribution in [0, 0.1) is 11.3 Å². The van der Waals surface area contributed by atoms with Crippen molar-refractivity contribution in [3.63, 3.8) is 0 Å². The predicted octanol–water partition coefficient (Wildman–Crippen LogP) is 0.694. The van der Waals surface area contributed by atoms with Crippen LogP contribution in [0.3, 0.4) is 0 Å². The Bertz CT molecular complexity index is 572. The van der Waals surface area contributed by atoms with E-state index >= 15 is 0 Å². The molecule has 0 aliphatic heterocycles. The number of hydrogen-bond acceptors (Lipinski definition) is 4. The first-order chi connectivity index (χ1) is 8.10. The summed E-state index contributed by atoms with van der Waals surface area (Å²) < 4.78 is 1.53. The molecule has 1 N–H and O–H groups in total. The molecule has 90 valence electrons. The molecule has 0 amide bonds. The summed E-state index contributed by atoms with van der Waals surface area (Å²) in [6.45, 7) is 0.554. The van der Waals surface area contributed by atoms with Gasteiger partial charge >= 0.3 is 5.69 Å². The minimum absolute atomic E-state index is 0.0137. The molecule has 0 atom stereocenters. The van der Waals surface area contributed by atoms with Gasteiger partial charge in [0.05, 0.1) is 0 Å². The van der Waals surface area contributed by atoms with Crippen molar-refractivity contribution < 1.29 is 0 Å². The van der Waals surface area contributed by atoms with Gasteiger partial charge in [0.1, 0.15) is 11.6 Å². The highest BCUT2D eigenvalue weighted by atomic mass is 32.2. The van der Waals surface area contributed by atoms with Crippen molar-refractivity contribution in [2.45, 2.75) is 30.6 Å². The number of rotatable bonds is 3. The third-order valence-corrected chi connectivity index (χ3v) is 4.69. The van der Waals surface area contributed by atoms with Crippen molar-refractivity contribution in [3.05, 3.63) is 32.6 Å². The zero-order valence-corrected chi connectivity index (χ0v) is 10.3. The highest BCUT2D eigenvalue weighted by molar-refractivity contribution is 8.00. The highest BCUT2D eigenvalue weighted by Crippen LogP contribution is 2.43. The van der Waals surface area contributed by atoms with Gasteiger partial charge in [0.2, 0.25) is 0 Å². The van der Waals surface area contributed by atoms with E-state index in [9.17, 15) is 9.59 Å². The van der Waals surface area contributed by atoms with Crippen molar-refractivity contribution in [1.82, 2.24) is 9.55 Å². The Hall–Kier alpha value is -1.48. The molecule has 0 unspecified atom stereocenters. The van der Waals surface area contributed by atoms with Gasteiger partial charge in [-0.2, -0.15) is 17.0 Å². The molecule has 1 aromatic heterocycles. The molecule has 5 nitrogen and oxygen atoms in total. The van der Waals surface area contributed by atoms with Crippen LogP contribution in [0.1, 0.15) is 24.8 Å². The minimum atomic E-state index is -0.611. The Morgan fingerprint density at radius 2 is 2.29 bits per heavy atom. The number of aromatic amines is 1. The van der Waals surface area contributed by atoms with Gasteiger partial charge in [-0.1, -0.05) is 6.42 Å². The average Bonchev–Trinajstić information content (AvgIpc) is 2.26. The zero-order valence-electron chi connectivity index (χ0n) is 9.52. The monoisotopic (exact) mass is 251 g/mol. The average molecular weight is 251 g/mol. The number of H-pyrrole nitrogens is 1. The Labute approximate surface area is 102 Å². The van der Waals surface area contributed by atoms with E-state index in [0.29, 0.717) is 6.54 Å². The maximum Gasteiger partial charge on any atom is 0.328 e. The SMILES string of the molecule is CSC1(Cn2cc(C#N)c(=O)[nH]c2=O)CCC1. The van der Waals surface area contributed by atoms with Gasteiger partial charge in [-0.15, -0.1) is 0 Å². The van der Waals surface area contributed by atoms with Gasteiger partial charge in [0.15, 0.2) is 0 Å². The molecule has 1 aliphatic carbocycles. The van der Waals surface area contributed by atoms with Crippen LogP contribution in [0.4, 0.5) is 0 Å². The van der Waals surface area contributed by atoms with Crippen LogP contribution < -0.4 is 11.2 Å². The molecule has 0 saturated heterocycles. The smallest absolute Gasteiger partial charge is 0.298 e. The molecule has 0 radical (unpaired) electrons. The van der Waals surface area contributed by atoms with E-state index in [4.69, 9.17) is 5.26 Å². The van der Waals surface area contributed by atoms with Gasteiger partial charge in [-0.25, -0.2) is 4.79 Å². The number of aromatic nitrogens is 2. The van der Waals surface area contributed by atoms with Crippen molar-refractivity contribution in [3.8, 4) is 6.07 Å². The third kappa shape index (κ3) is 2.15. The van der Waals surface area contributed by atoms with Crippen LogP contribution in [0.2, 0.25) is 0 Å². The Balaban J connectivity index is 2.37. The first-order valence-corrected chi connectivity index (χ1v) is 6.62. The standard InChI is InChI=1S/C11H13N3O2S/c1-17-11(3-2-4-11)7-14-6-8(5-12)9(15)13-10(14)16/h6H,2-4,7H2,1H3,(H,13,15,16). The van der Waals surface area contributed by atoms with E-state index in [0.717, 1.165) is 12.8 Å². The topological polar surface area (TPSA) is 78.7 Å². The quantitative estimate of drug-likeness (QED) is 0.857. The van der Waals surface area contributed by atoms with E-state index in [1.807, 2.05) is 6.26 Å². The van der Waals surface area contributed by atoms with E-state index in [-0.39, 0.29) is 10.3 Å². The zero-order chi connectivity index (χ0) is 12.5. The van der Waals surface area contributed by atoms with Gasteiger partial charge in [-0.05, 0) is 19.1 Å². The fourth-order valence-electron chi connectivity index (χ4n) is 2.01. The number of thioether (sulfide) groups is 1. The molecule has 0 spiro atoms. The molecule has 17 heavy (non-hydrogen) atoms. The lowest BCUT2D eigenvalue weighted by atomic mass is 9.84. The molecule has 6 heteroatoms. The molecular weight excluding hydrogens is 238 g/mol. The molecule has 1 saturated carbocycles. The second-order valence-corrected chi connectivity index (χ2v) is 5.56. The van der Waals surface area contributed by atoms with E-state index in [1.165, 1.54) is 17.2 Å². The van der Waals surface area contributed by atoms with Crippen LogP contribution in [0.25, 0.3) is 0 Å². The first-order valence-electron chi connectivity index (χ1n) is 5.39. The minimum Gasteiger partial charge on any atom is -0.298 e. The number of nitrogens with zero attached hydrogens (tertiary/aromatic N) is 2. The molecular formula is C11H13N3O2S. The van der Waals surface area contributed by atoms with Crippen LogP contribution >= 0.6 is 11.8 Å². The number of nitriles is 1. The Morgan fingerprint density at radius 3 is 2.76 bits per heavy atom. The van der Waals surface area contributed by atoms with Crippen molar-refractivity contribution >= 4 is 11.8 Å². The van der Waals surface area contributed by atoms with E-state index < -0.39 is 11.2 Å². The largest absolute Gasteiger partial charge is 0.328 e. The summed E-state index contributed by atoms with van der Waals surface area (Å²) in [5, 5.41) is 8.77. The van der Waals surface area contributed by atoms with Crippen LogP contribution in [0.5, 0.6) is 0 Å². The maximum atomic E-state index is 11.6.